The Bertz CT molecular complexity index is 236. The summed E-state index contributed by atoms with van der Waals surface area (Å²) in [7, 11) is 2.11. The fourth-order valence-electron chi connectivity index (χ4n) is 1.88. The zero-order chi connectivity index (χ0) is 12.2. The Morgan fingerprint density at radius 3 is 2.69 bits per heavy atom. The summed E-state index contributed by atoms with van der Waals surface area (Å²) in [5.74, 6) is -0.0291. The van der Waals surface area contributed by atoms with Crippen molar-refractivity contribution in [2.24, 2.45) is 5.73 Å². The highest BCUT2D eigenvalue weighted by atomic mass is 16.2. The van der Waals surface area contributed by atoms with Crippen molar-refractivity contribution >= 4 is 5.91 Å². The van der Waals surface area contributed by atoms with Crippen molar-refractivity contribution in [3.63, 3.8) is 0 Å². The summed E-state index contributed by atoms with van der Waals surface area (Å²) in [6.07, 6.45) is 4.27. The average molecular weight is 227 g/mol. The molecule has 0 bridgehead atoms. The van der Waals surface area contributed by atoms with Crippen LogP contribution >= 0.6 is 0 Å². The second-order valence-corrected chi connectivity index (χ2v) is 5.14. The minimum absolute atomic E-state index is 0.0291. The van der Waals surface area contributed by atoms with Crippen LogP contribution in [0.25, 0.3) is 0 Å². The number of hydrogen-bond acceptors (Lipinski definition) is 3. The molecule has 16 heavy (non-hydrogen) atoms. The molecule has 1 fully saturated rings. The van der Waals surface area contributed by atoms with Crippen LogP contribution in [0, 0.1) is 0 Å². The molecule has 0 saturated heterocycles. The molecule has 1 saturated carbocycles. The Hall–Kier alpha value is -0.610. The number of likely N-dealkylation sites (N-methyl/N-ethyl adjacent to an activating group) is 1. The molecule has 0 aromatic carbocycles. The first kappa shape index (κ1) is 13.5. The minimum atomic E-state index is -0.715. The molecule has 4 heteroatoms. The van der Waals surface area contributed by atoms with Crippen molar-refractivity contribution in [3.05, 3.63) is 0 Å². The molecule has 1 rings (SSSR count). The molecule has 4 nitrogen and oxygen atoms in total. The Morgan fingerprint density at radius 2 is 2.19 bits per heavy atom. The van der Waals surface area contributed by atoms with Crippen LogP contribution in [-0.2, 0) is 4.79 Å². The fraction of sp³-hybridized carbons (Fsp3) is 0.917. The van der Waals surface area contributed by atoms with Crippen LogP contribution in [0.2, 0.25) is 0 Å². The van der Waals surface area contributed by atoms with Gasteiger partial charge in [0.1, 0.15) is 0 Å². The summed E-state index contributed by atoms with van der Waals surface area (Å²) in [4.78, 5) is 14.1. The third kappa shape index (κ3) is 4.10. The normalized spacial score (nSPS) is 19.6. The number of nitrogens with zero attached hydrogens (tertiary/aromatic N) is 1. The van der Waals surface area contributed by atoms with Gasteiger partial charge in [0, 0.05) is 19.1 Å². The Kier molecular flexibility index (Phi) is 4.74. The number of carbonyl (C=O) groups is 1. The van der Waals surface area contributed by atoms with Crippen molar-refractivity contribution in [1.29, 1.82) is 0 Å². The molecule has 1 aliphatic rings. The molecular formula is C12H25N3O. The highest BCUT2D eigenvalue weighted by Gasteiger charge is 2.28. The van der Waals surface area contributed by atoms with Crippen molar-refractivity contribution in [2.75, 3.05) is 20.1 Å². The summed E-state index contributed by atoms with van der Waals surface area (Å²) >= 11 is 0. The van der Waals surface area contributed by atoms with Gasteiger partial charge in [-0.15, -0.1) is 0 Å². The highest BCUT2D eigenvalue weighted by molar-refractivity contribution is 5.85. The molecule has 1 amide bonds. The van der Waals surface area contributed by atoms with Crippen LogP contribution in [0.4, 0.5) is 0 Å². The van der Waals surface area contributed by atoms with E-state index in [0.717, 1.165) is 25.4 Å². The van der Waals surface area contributed by atoms with Crippen LogP contribution in [0.15, 0.2) is 0 Å². The average Bonchev–Trinajstić information content (AvgIpc) is 3.00. The van der Waals surface area contributed by atoms with Crippen LogP contribution in [0.3, 0.4) is 0 Å². The van der Waals surface area contributed by atoms with Crippen molar-refractivity contribution in [3.8, 4) is 0 Å². The molecule has 0 heterocycles. The van der Waals surface area contributed by atoms with Gasteiger partial charge in [-0.25, -0.2) is 0 Å². The lowest BCUT2D eigenvalue weighted by atomic mass is 9.97. The van der Waals surface area contributed by atoms with E-state index in [0.29, 0.717) is 6.54 Å². The van der Waals surface area contributed by atoms with Gasteiger partial charge in [-0.3, -0.25) is 4.79 Å². The van der Waals surface area contributed by atoms with Gasteiger partial charge in [0.05, 0.1) is 5.54 Å². The predicted molar refractivity (Wildman–Crippen MR) is 66.2 cm³/mol. The quantitative estimate of drug-likeness (QED) is 0.673. The van der Waals surface area contributed by atoms with Crippen molar-refractivity contribution < 1.29 is 4.79 Å². The van der Waals surface area contributed by atoms with E-state index in [1.54, 1.807) is 6.92 Å². The summed E-state index contributed by atoms with van der Waals surface area (Å²) in [5.41, 5.74) is 5.22. The molecule has 1 aliphatic carbocycles. The highest BCUT2D eigenvalue weighted by Crippen LogP contribution is 2.24. The number of amides is 1. The summed E-state index contributed by atoms with van der Waals surface area (Å²) in [5, 5.41) is 2.92. The topological polar surface area (TPSA) is 58.4 Å². The van der Waals surface area contributed by atoms with Crippen molar-refractivity contribution in [1.82, 2.24) is 10.2 Å². The second kappa shape index (κ2) is 5.64. The largest absolute Gasteiger partial charge is 0.353 e. The molecule has 1 unspecified atom stereocenters. The Morgan fingerprint density at radius 1 is 1.56 bits per heavy atom. The van der Waals surface area contributed by atoms with Gasteiger partial charge < -0.3 is 16.0 Å². The van der Waals surface area contributed by atoms with Crippen LogP contribution in [0.1, 0.15) is 39.5 Å². The zero-order valence-electron chi connectivity index (χ0n) is 10.8. The number of hydrogen-bond donors (Lipinski definition) is 2. The van der Waals surface area contributed by atoms with Crippen LogP contribution < -0.4 is 11.1 Å². The molecule has 94 valence electrons. The van der Waals surface area contributed by atoms with E-state index >= 15 is 0 Å². The maximum Gasteiger partial charge on any atom is 0.239 e. The first-order chi connectivity index (χ1) is 7.47. The van der Waals surface area contributed by atoms with Gasteiger partial charge in [-0.05, 0) is 33.2 Å². The first-order valence-electron chi connectivity index (χ1n) is 6.25. The van der Waals surface area contributed by atoms with Gasteiger partial charge in [0.25, 0.3) is 0 Å². The Labute approximate surface area is 98.6 Å². The van der Waals surface area contributed by atoms with Crippen molar-refractivity contribution in [2.45, 2.75) is 51.1 Å². The third-order valence-electron chi connectivity index (χ3n) is 3.21. The van der Waals surface area contributed by atoms with Gasteiger partial charge in [-0.1, -0.05) is 13.3 Å². The monoisotopic (exact) mass is 227 g/mol. The maximum absolute atomic E-state index is 11.8. The number of nitrogens with two attached hydrogens (primary N) is 1. The number of nitrogens with one attached hydrogen (secondary N) is 1. The van der Waals surface area contributed by atoms with E-state index in [9.17, 15) is 4.79 Å². The summed E-state index contributed by atoms with van der Waals surface area (Å²) in [6, 6.07) is 0.747. The lowest BCUT2D eigenvalue weighted by Crippen LogP contribution is -2.52. The van der Waals surface area contributed by atoms with Gasteiger partial charge >= 0.3 is 0 Å². The summed E-state index contributed by atoms with van der Waals surface area (Å²) < 4.78 is 0. The van der Waals surface area contributed by atoms with E-state index in [4.69, 9.17) is 5.73 Å². The third-order valence-corrected chi connectivity index (χ3v) is 3.21. The van der Waals surface area contributed by atoms with E-state index in [2.05, 4.69) is 17.3 Å². The van der Waals surface area contributed by atoms with E-state index in [1.807, 2.05) is 6.92 Å². The lowest BCUT2D eigenvalue weighted by Gasteiger charge is -2.24. The standard InChI is InChI=1S/C12H25N3O/c1-4-7-12(2,13)11(16)14-8-9-15(3)10-5-6-10/h10H,4-9,13H2,1-3H3,(H,14,16). The molecule has 0 aliphatic heterocycles. The molecular weight excluding hydrogens is 202 g/mol. The van der Waals surface area contributed by atoms with Gasteiger partial charge in [0.2, 0.25) is 5.91 Å². The van der Waals surface area contributed by atoms with Gasteiger partial charge in [0.15, 0.2) is 0 Å². The predicted octanol–water partition coefficient (Wildman–Crippen LogP) is 0.714. The SMILES string of the molecule is CCCC(C)(N)C(=O)NCCN(C)C1CC1. The number of carbonyl (C=O) groups excluding carboxylic acids is 1. The number of rotatable bonds is 7. The molecule has 3 N–H and O–H groups in total. The molecule has 1 atom stereocenters. The zero-order valence-corrected chi connectivity index (χ0v) is 10.8. The molecule has 0 radical (unpaired) electrons. The van der Waals surface area contributed by atoms with Crippen LogP contribution in [0.5, 0.6) is 0 Å². The minimum Gasteiger partial charge on any atom is -0.353 e. The smallest absolute Gasteiger partial charge is 0.239 e. The second-order valence-electron chi connectivity index (χ2n) is 5.14. The maximum atomic E-state index is 11.8. The van der Waals surface area contributed by atoms with Crippen LogP contribution in [-0.4, -0.2) is 42.5 Å². The lowest BCUT2D eigenvalue weighted by molar-refractivity contribution is -0.126. The van der Waals surface area contributed by atoms with E-state index < -0.39 is 5.54 Å². The fourth-order valence-corrected chi connectivity index (χ4v) is 1.88. The van der Waals surface area contributed by atoms with Gasteiger partial charge in [-0.2, -0.15) is 0 Å². The molecule has 0 spiro atoms. The van der Waals surface area contributed by atoms with E-state index in [-0.39, 0.29) is 5.91 Å². The molecule has 0 aromatic rings. The molecule has 0 aromatic heterocycles. The Balaban J connectivity index is 2.18. The summed E-state index contributed by atoms with van der Waals surface area (Å²) in [6.45, 7) is 5.46. The van der Waals surface area contributed by atoms with E-state index in [1.165, 1.54) is 12.8 Å². The first-order valence-corrected chi connectivity index (χ1v) is 6.25.